The molecule has 0 saturated carbocycles. The average Bonchev–Trinajstić information content (AvgIpc) is 2.67. The van der Waals surface area contributed by atoms with Crippen LogP contribution in [0.15, 0.2) is 79.1 Å². The summed E-state index contributed by atoms with van der Waals surface area (Å²) in [5.41, 5.74) is 1.54. The molecule has 1 heterocycles. The summed E-state index contributed by atoms with van der Waals surface area (Å²) in [7, 11) is 0. The summed E-state index contributed by atoms with van der Waals surface area (Å²) >= 11 is 0. The summed E-state index contributed by atoms with van der Waals surface area (Å²) in [5, 5.41) is 2.89. The molecule has 27 heavy (non-hydrogen) atoms. The van der Waals surface area contributed by atoms with Gasteiger partial charge in [-0.2, -0.15) is 0 Å². The molecule has 3 aromatic rings. The van der Waals surface area contributed by atoms with Crippen molar-refractivity contribution in [2.24, 2.45) is 0 Å². The van der Waals surface area contributed by atoms with Gasteiger partial charge in [-0.25, -0.2) is 4.39 Å². The Kier molecular flexibility index (Phi) is 5.94. The Morgan fingerprint density at radius 3 is 2.63 bits per heavy atom. The van der Waals surface area contributed by atoms with Gasteiger partial charge in [-0.3, -0.25) is 9.78 Å². The Morgan fingerprint density at radius 2 is 1.85 bits per heavy atom. The number of ether oxygens (including phenoxy) is 1. The van der Waals surface area contributed by atoms with Crippen LogP contribution in [0.3, 0.4) is 0 Å². The highest BCUT2D eigenvalue weighted by Crippen LogP contribution is 2.24. The molecular formula is C22H19FN2O2. The minimum atomic E-state index is -0.336. The Morgan fingerprint density at radius 1 is 1.07 bits per heavy atom. The van der Waals surface area contributed by atoms with Crippen LogP contribution in [-0.2, 0) is 4.79 Å². The van der Waals surface area contributed by atoms with Crippen molar-refractivity contribution < 1.29 is 13.9 Å². The lowest BCUT2D eigenvalue weighted by Gasteiger charge is -2.14. The van der Waals surface area contributed by atoms with Crippen molar-refractivity contribution in [2.45, 2.75) is 13.0 Å². The fourth-order valence-corrected chi connectivity index (χ4v) is 2.52. The summed E-state index contributed by atoms with van der Waals surface area (Å²) in [4.78, 5) is 16.1. The fourth-order valence-electron chi connectivity index (χ4n) is 2.52. The summed E-state index contributed by atoms with van der Waals surface area (Å²) < 4.78 is 19.0. The number of halogens is 1. The first-order chi connectivity index (χ1) is 13.1. The number of rotatable bonds is 6. The van der Waals surface area contributed by atoms with E-state index in [0.29, 0.717) is 17.1 Å². The van der Waals surface area contributed by atoms with E-state index in [-0.39, 0.29) is 17.8 Å². The lowest BCUT2D eigenvalue weighted by molar-refractivity contribution is -0.117. The number of pyridine rings is 1. The summed E-state index contributed by atoms with van der Waals surface area (Å²) in [6, 6.07) is 16.9. The normalized spacial score (nSPS) is 11.9. The second kappa shape index (κ2) is 8.76. The number of amides is 1. The van der Waals surface area contributed by atoms with Crippen LogP contribution in [0.25, 0.3) is 6.08 Å². The van der Waals surface area contributed by atoms with Crippen molar-refractivity contribution >= 4 is 12.0 Å². The maximum atomic E-state index is 13.2. The second-order valence-electron chi connectivity index (χ2n) is 5.98. The van der Waals surface area contributed by atoms with Crippen LogP contribution in [0.2, 0.25) is 0 Å². The predicted molar refractivity (Wildman–Crippen MR) is 103 cm³/mol. The summed E-state index contributed by atoms with van der Waals surface area (Å²) in [5.74, 6) is 0.774. The van der Waals surface area contributed by atoms with Gasteiger partial charge < -0.3 is 10.1 Å². The van der Waals surface area contributed by atoms with Crippen LogP contribution < -0.4 is 10.1 Å². The Hall–Kier alpha value is -3.47. The first-order valence-electron chi connectivity index (χ1n) is 8.52. The molecule has 136 valence electrons. The Labute approximate surface area is 157 Å². The van der Waals surface area contributed by atoms with E-state index in [4.69, 9.17) is 4.74 Å². The summed E-state index contributed by atoms with van der Waals surface area (Å²) in [6.07, 6.45) is 6.29. The minimum absolute atomic E-state index is 0.212. The lowest BCUT2D eigenvalue weighted by Crippen LogP contribution is -2.24. The zero-order valence-electron chi connectivity index (χ0n) is 14.8. The first kappa shape index (κ1) is 18.3. The molecule has 1 unspecified atom stereocenters. The van der Waals surface area contributed by atoms with E-state index >= 15 is 0 Å². The van der Waals surface area contributed by atoms with E-state index in [1.807, 2.05) is 31.2 Å². The molecule has 1 aromatic heterocycles. The number of carbonyl (C=O) groups is 1. The number of nitrogens with one attached hydrogen (secondary N) is 1. The van der Waals surface area contributed by atoms with Gasteiger partial charge in [0.1, 0.15) is 17.3 Å². The Balaban J connectivity index is 1.62. The minimum Gasteiger partial charge on any atom is -0.457 e. The molecule has 0 bridgehead atoms. The molecule has 0 spiro atoms. The fraction of sp³-hybridized carbons (Fsp3) is 0.0909. The molecule has 0 aliphatic rings. The van der Waals surface area contributed by atoms with Crippen molar-refractivity contribution in [3.8, 4) is 11.5 Å². The molecule has 5 heteroatoms. The number of nitrogens with zero attached hydrogens (tertiary/aromatic N) is 1. The topological polar surface area (TPSA) is 51.2 Å². The van der Waals surface area contributed by atoms with E-state index < -0.39 is 0 Å². The van der Waals surface area contributed by atoms with Gasteiger partial charge in [0.25, 0.3) is 0 Å². The molecule has 2 aromatic carbocycles. The van der Waals surface area contributed by atoms with E-state index in [1.165, 1.54) is 18.2 Å². The molecule has 1 N–H and O–H groups in total. The zero-order chi connectivity index (χ0) is 19.1. The molecule has 1 amide bonds. The molecule has 1 atom stereocenters. The highest BCUT2D eigenvalue weighted by atomic mass is 19.1. The van der Waals surface area contributed by atoms with Crippen LogP contribution in [0.4, 0.5) is 4.39 Å². The van der Waals surface area contributed by atoms with Crippen molar-refractivity contribution in [3.63, 3.8) is 0 Å². The number of aromatic nitrogens is 1. The van der Waals surface area contributed by atoms with Crippen molar-refractivity contribution in [3.05, 3.63) is 96.1 Å². The van der Waals surface area contributed by atoms with Crippen molar-refractivity contribution in [2.75, 3.05) is 0 Å². The monoisotopic (exact) mass is 362 g/mol. The van der Waals surface area contributed by atoms with Gasteiger partial charge in [-0.05, 0) is 60.5 Å². The van der Waals surface area contributed by atoms with E-state index in [0.717, 1.165) is 5.56 Å². The van der Waals surface area contributed by atoms with Gasteiger partial charge in [0.2, 0.25) is 5.91 Å². The third-order valence-electron chi connectivity index (χ3n) is 3.88. The van der Waals surface area contributed by atoms with Crippen LogP contribution in [0, 0.1) is 5.82 Å². The highest BCUT2D eigenvalue weighted by Gasteiger charge is 2.09. The van der Waals surface area contributed by atoms with Crippen molar-refractivity contribution in [1.29, 1.82) is 0 Å². The number of hydrogen-bond acceptors (Lipinski definition) is 3. The molecule has 0 radical (unpaired) electrons. The number of hydrogen-bond donors (Lipinski definition) is 1. The third kappa shape index (κ3) is 5.51. The lowest BCUT2D eigenvalue weighted by atomic mass is 10.1. The smallest absolute Gasteiger partial charge is 0.244 e. The quantitative estimate of drug-likeness (QED) is 0.634. The third-order valence-corrected chi connectivity index (χ3v) is 3.88. The highest BCUT2D eigenvalue weighted by molar-refractivity contribution is 5.91. The van der Waals surface area contributed by atoms with E-state index in [9.17, 15) is 9.18 Å². The predicted octanol–water partition coefficient (Wildman–Crippen LogP) is 4.90. The molecule has 0 saturated heterocycles. The number of benzene rings is 2. The van der Waals surface area contributed by atoms with E-state index in [1.54, 1.807) is 42.7 Å². The van der Waals surface area contributed by atoms with Gasteiger partial charge in [0.05, 0.1) is 6.04 Å². The van der Waals surface area contributed by atoms with E-state index in [2.05, 4.69) is 10.3 Å². The molecule has 0 aliphatic heterocycles. The second-order valence-corrected chi connectivity index (χ2v) is 5.98. The van der Waals surface area contributed by atoms with Gasteiger partial charge in [-0.1, -0.05) is 24.3 Å². The van der Waals surface area contributed by atoms with Crippen LogP contribution in [0.5, 0.6) is 11.5 Å². The average molecular weight is 362 g/mol. The molecule has 3 rings (SSSR count). The zero-order valence-corrected chi connectivity index (χ0v) is 14.8. The largest absolute Gasteiger partial charge is 0.457 e. The maximum Gasteiger partial charge on any atom is 0.244 e. The SMILES string of the molecule is CC(NC(=O)/C=C/c1cccc(F)c1)c1cccc(Oc2ccncc2)c1. The van der Waals surface area contributed by atoms with Gasteiger partial charge in [0.15, 0.2) is 0 Å². The standard InChI is InChI=1S/C22H19FN2O2/c1-16(25-22(26)9-8-17-4-2-6-19(23)14-17)18-5-3-7-21(15-18)27-20-10-12-24-13-11-20/h2-16H,1H3,(H,25,26)/b9-8+. The van der Waals surface area contributed by atoms with Crippen LogP contribution >= 0.6 is 0 Å². The number of carbonyl (C=O) groups excluding carboxylic acids is 1. The van der Waals surface area contributed by atoms with Crippen molar-refractivity contribution in [1.82, 2.24) is 10.3 Å². The first-order valence-corrected chi connectivity index (χ1v) is 8.52. The van der Waals surface area contributed by atoms with Gasteiger partial charge >= 0.3 is 0 Å². The van der Waals surface area contributed by atoms with Crippen LogP contribution in [0.1, 0.15) is 24.1 Å². The molecule has 0 fully saturated rings. The van der Waals surface area contributed by atoms with Gasteiger partial charge in [0, 0.05) is 18.5 Å². The maximum absolute atomic E-state index is 13.2. The molecular weight excluding hydrogens is 343 g/mol. The molecule has 4 nitrogen and oxygen atoms in total. The summed E-state index contributed by atoms with van der Waals surface area (Å²) in [6.45, 7) is 1.89. The van der Waals surface area contributed by atoms with Crippen LogP contribution in [-0.4, -0.2) is 10.9 Å². The molecule has 0 aliphatic carbocycles. The Bertz CT molecular complexity index is 942. The van der Waals surface area contributed by atoms with Gasteiger partial charge in [-0.15, -0.1) is 0 Å².